The molecule has 5 heteroatoms. The highest BCUT2D eigenvalue weighted by Gasteiger charge is 2.20. The first kappa shape index (κ1) is 20.2. The van der Waals surface area contributed by atoms with Crippen LogP contribution in [-0.4, -0.2) is 42.7 Å². The topological polar surface area (TPSA) is 46.6 Å². The number of aromatic nitrogens is 1. The summed E-state index contributed by atoms with van der Waals surface area (Å²) in [7, 11) is 1.67. The summed E-state index contributed by atoms with van der Waals surface area (Å²) in [5.41, 5.74) is 3.38. The molecule has 2 aromatic carbocycles. The van der Waals surface area contributed by atoms with Crippen LogP contribution in [0.5, 0.6) is 11.5 Å². The van der Waals surface area contributed by atoms with Crippen molar-refractivity contribution < 1.29 is 9.47 Å². The van der Waals surface area contributed by atoms with E-state index in [4.69, 9.17) is 9.47 Å². The van der Waals surface area contributed by atoms with Gasteiger partial charge in [0, 0.05) is 31.1 Å². The van der Waals surface area contributed by atoms with Gasteiger partial charge in [-0.05, 0) is 42.7 Å². The SMILES string of the molecule is C=CCOc1cc(CN2CCC(Nc3cnc4ccccc4c3)CC2)ccc1OC. The molecule has 1 N–H and O–H groups in total. The summed E-state index contributed by atoms with van der Waals surface area (Å²) in [5.74, 6) is 1.53. The predicted octanol–water partition coefficient (Wildman–Crippen LogP) is 4.88. The van der Waals surface area contributed by atoms with Gasteiger partial charge < -0.3 is 14.8 Å². The van der Waals surface area contributed by atoms with E-state index in [0.717, 1.165) is 55.2 Å². The summed E-state index contributed by atoms with van der Waals surface area (Å²) in [5, 5.41) is 4.84. The van der Waals surface area contributed by atoms with Crippen LogP contribution in [0.1, 0.15) is 18.4 Å². The van der Waals surface area contributed by atoms with Crippen LogP contribution in [0.25, 0.3) is 10.9 Å². The van der Waals surface area contributed by atoms with Crippen LogP contribution in [0.15, 0.2) is 67.4 Å². The molecule has 0 saturated carbocycles. The van der Waals surface area contributed by atoms with E-state index in [1.54, 1.807) is 13.2 Å². The fourth-order valence-electron chi connectivity index (χ4n) is 3.96. The summed E-state index contributed by atoms with van der Waals surface area (Å²) in [6, 6.07) is 17.1. The Morgan fingerprint density at radius 2 is 1.97 bits per heavy atom. The number of fused-ring (bicyclic) bond motifs is 1. The summed E-state index contributed by atoms with van der Waals surface area (Å²) in [6.45, 7) is 7.23. The standard InChI is InChI=1S/C25H29N3O2/c1-3-14-30-25-15-19(8-9-24(25)29-2)18-28-12-10-21(11-13-28)27-22-16-20-6-4-5-7-23(20)26-17-22/h3-9,15-17,21,27H,1,10-14,18H2,2H3. The van der Waals surface area contributed by atoms with Crippen molar-refractivity contribution >= 4 is 16.6 Å². The molecule has 0 aliphatic carbocycles. The Labute approximate surface area is 178 Å². The fourth-order valence-corrected chi connectivity index (χ4v) is 3.96. The maximum absolute atomic E-state index is 5.74. The van der Waals surface area contributed by atoms with Gasteiger partial charge in [0.05, 0.1) is 24.5 Å². The van der Waals surface area contributed by atoms with E-state index in [0.29, 0.717) is 12.6 Å². The molecule has 0 amide bonds. The molecular weight excluding hydrogens is 374 g/mol. The Morgan fingerprint density at radius 1 is 1.13 bits per heavy atom. The smallest absolute Gasteiger partial charge is 0.161 e. The number of anilines is 1. The van der Waals surface area contributed by atoms with Crippen LogP contribution >= 0.6 is 0 Å². The molecule has 1 aromatic heterocycles. The second kappa shape index (κ2) is 9.63. The average Bonchev–Trinajstić information content (AvgIpc) is 2.79. The van der Waals surface area contributed by atoms with Crippen molar-refractivity contribution in [2.75, 3.05) is 32.1 Å². The van der Waals surface area contributed by atoms with E-state index in [9.17, 15) is 0 Å². The van der Waals surface area contributed by atoms with Crippen LogP contribution in [0.2, 0.25) is 0 Å². The summed E-state index contributed by atoms with van der Waals surface area (Å²) in [4.78, 5) is 7.06. The molecule has 2 heterocycles. The van der Waals surface area contributed by atoms with Crippen molar-refractivity contribution in [2.45, 2.75) is 25.4 Å². The first-order valence-corrected chi connectivity index (χ1v) is 10.5. The first-order valence-electron chi connectivity index (χ1n) is 10.5. The molecule has 1 fully saturated rings. The number of ether oxygens (including phenoxy) is 2. The largest absolute Gasteiger partial charge is 0.493 e. The van der Waals surface area contributed by atoms with Crippen molar-refractivity contribution in [2.24, 2.45) is 0 Å². The number of benzene rings is 2. The molecule has 4 rings (SSSR count). The highest BCUT2D eigenvalue weighted by atomic mass is 16.5. The van der Waals surface area contributed by atoms with E-state index in [1.165, 1.54) is 10.9 Å². The van der Waals surface area contributed by atoms with Crippen LogP contribution in [0.4, 0.5) is 5.69 Å². The minimum absolute atomic E-state index is 0.473. The van der Waals surface area contributed by atoms with Gasteiger partial charge in [0.25, 0.3) is 0 Å². The van der Waals surface area contributed by atoms with Crippen molar-refractivity contribution in [1.29, 1.82) is 0 Å². The Balaban J connectivity index is 1.32. The number of nitrogens with one attached hydrogen (secondary N) is 1. The second-order valence-electron chi connectivity index (χ2n) is 7.70. The number of nitrogens with zero attached hydrogens (tertiary/aromatic N) is 2. The molecule has 0 atom stereocenters. The summed E-state index contributed by atoms with van der Waals surface area (Å²) >= 11 is 0. The second-order valence-corrected chi connectivity index (χ2v) is 7.70. The number of hydrogen-bond donors (Lipinski definition) is 1. The Morgan fingerprint density at radius 3 is 2.77 bits per heavy atom. The van der Waals surface area contributed by atoms with Gasteiger partial charge in [-0.25, -0.2) is 0 Å². The lowest BCUT2D eigenvalue weighted by Crippen LogP contribution is -2.38. The molecule has 0 spiro atoms. The Hall–Kier alpha value is -3.05. The zero-order valence-corrected chi connectivity index (χ0v) is 17.5. The molecule has 5 nitrogen and oxygen atoms in total. The maximum atomic E-state index is 5.74. The van der Waals surface area contributed by atoms with Crippen LogP contribution in [-0.2, 0) is 6.54 Å². The molecule has 0 unspecified atom stereocenters. The number of pyridine rings is 1. The van der Waals surface area contributed by atoms with Gasteiger partial charge in [-0.3, -0.25) is 9.88 Å². The number of hydrogen-bond acceptors (Lipinski definition) is 5. The van der Waals surface area contributed by atoms with Gasteiger partial charge >= 0.3 is 0 Å². The summed E-state index contributed by atoms with van der Waals surface area (Å²) in [6.07, 6.45) is 5.91. The Bertz CT molecular complexity index is 997. The highest BCUT2D eigenvalue weighted by Crippen LogP contribution is 2.29. The highest BCUT2D eigenvalue weighted by molar-refractivity contribution is 5.81. The summed E-state index contributed by atoms with van der Waals surface area (Å²) < 4.78 is 11.1. The average molecular weight is 404 g/mol. The first-order chi connectivity index (χ1) is 14.7. The number of piperidine rings is 1. The fraction of sp³-hybridized carbons (Fsp3) is 0.320. The number of rotatable bonds is 8. The van der Waals surface area contributed by atoms with Crippen LogP contribution in [0.3, 0.4) is 0 Å². The van der Waals surface area contributed by atoms with Gasteiger partial charge in [-0.2, -0.15) is 0 Å². The van der Waals surface area contributed by atoms with Crippen molar-refractivity contribution in [3.05, 3.63) is 72.9 Å². The molecule has 1 aliphatic rings. The number of likely N-dealkylation sites (tertiary alicyclic amines) is 1. The molecule has 30 heavy (non-hydrogen) atoms. The molecule has 1 aliphatic heterocycles. The molecule has 156 valence electrons. The third kappa shape index (κ3) is 4.92. The normalized spacial score (nSPS) is 15.1. The number of methoxy groups -OCH3 is 1. The third-order valence-electron chi connectivity index (χ3n) is 5.54. The van der Waals surface area contributed by atoms with Crippen LogP contribution in [0, 0.1) is 0 Å². The van der Waals surface area contributed by atoms with Crippen molar-refractivity contribution in [3.8, 4) is 11.5 Å². The molecule has 0 bridgehead atoms. The minimum Gasteiger partial charge on any atom is -0.493 e. The maximum Gasteiger partial charge on any atom is 0.161 e. The third-order valence-corrected chi connectivity index (χ3v) is 5.54. The van der Waals surface area contributed by atoms with Gasteiger partial charge in [-0.1, -0.05) is 36.9 Å². The lowest BCUT2D eigenvalue weighted by molar-refractivity contribution is 0.211. The van der Waals surface area contributed by atoms with Gasteiger partial charge in [-0.15, -0.1) is 0 Å². The minimum atomic E-state index is 0.473. The van der Waals surface area contributed by atoms with Gasteiger partial charge in [0.1, 0.15) is 6.61 Å². The van der Waals surface area contributed by atoms with Gasteiger partial charge in [0.2, 0.25) is 0 Å². The molecule has 1 saturated heterocycles. The monoisotopic (exact) mass is 403 g/mol. The molecule has 3 aromatic rings. The van der Waals surface area contributed by atoms with Gasteiger partial charge in [0.15, 0.2) is 11.5 Å². The van der Waals surface area contributed by atoms with E-state index < -0.39 is 0 Å². The molecule has 0 radical (unpaired) electrons. The van der Waals surface area contributed by atoms with E-state index in [2.05, 4.69) is 52.1 Å². The lowest BCUT2D eigenvalue weighted by atomic mass is 10.0. The Kier molecular flexibility index (Phi) is 6.50. The van der Waals surface area contributed by atoms with E-state index >= 15 is 0 Å². The van der Waals surface area contributed by atoms with Crippen molar-refractivity contribution in [1.82, 2.24) is 9.88 Å². The van der Waals surface area contributed by atoms with Crippen LogP contribution < -0.4 is 14.8 Å². The van der Waals surface area contributed by atoms with Crippen molar-refractivity contribution in [3.63, 3.8) is 0 Å². The zero-order chi connectivity index (χ0) is 20.8. The molecular formula is C25H29N3O2. The van der Waals surface area contributed by atoms with E-state index in [1.807, 2.05) is 24.4 Å². The zero-order valence-electron chi connectivity index (χ0n) is 17.5. The predicted molar refractivity (Wildman–Crippen MR) is 122 cm³/mol. The van der Waals surface area contributed by atoms with E-state index in [-0.39, 0.29) is 0 Å². The quantitative estimate of drug-likeness (QED) is 0.543. The number of para-hydroxylation sites is 1. The lowest BCUT2D eigenvalue weighted by Gasteiger charge is -2.33.